The van der Waals surface area contributed by atoms with Gasteiger partial charge in [-0.3, -0.25) is 4.98 Å². The van der Waals surface area contributed by atoms with E-state index in [2.05, 4.69) is 38.8 Å². The largest absolute Gasteiger partial charge is 0.389 e. The van der Waals surface area contributed by atoms with E-state index in [0.717, 1.165) is 36.2 Å². The van der Waals surface area contributed by atoms with Crippen LogP contribution in [0.4, 0.5) is 19.7 Å². The Kier molecular flexibility index (Phi) is 4.55. The van der Waals surface area contributed by atoms with Gasteiger partial charge in [-0.15, -0.1) is 11.3 Å². The van der Waals surface area contributed by atoms with Crippen molar-refractivity contribution in [2.45, 2.75) is 19.3 Å². The van der Waals surface area contributed by atoms with Crippen molar-refractivity contribution in [3.63, 3.8) is 0 Å². The number of pyridine rings is 1. The zero-order chi connectivity index (χ0) is 24.9. The van der Waals surface area contributed by atoms with Gasteiger partial charge in [0.05, 0.1) is 35.4 Å². The molecule has 3 atom stereocenters. The van der Waals surface area contributed by atoms with Crippen LogP contribution < -0.4 is 10.6 Å². The molecule has 4 aromatic rings. The van der Waals surface area contributed by atoms with Gasteiger partial charge in [0.1, 0.15) is 16.6 Å². The van der Waals surface area contributed by atoms with Crippen molar-refractivity contribution in [3.05, 3.63) is 40.7 Å². The molecule has 3 aliphatic rings. The lowest BCUT2D eigenvalue weighted by molar-refractivity contribution is 0.135. The highest BCUT2D eigenvalue weighted by Gasteiger charge is 2.57. The topological polar surface area (TPSA) is 104 Å². The maximum atomic E-state index is 16.4. The zero-order valence-electron chi connectivity index (χ0n) is 19.5. The third kappa shape index (κ3) is 2.86. The highest BCUT2D eigenvalue weighted by molar-refractivity contribution is 7.23. The number of ether oxygens (including phenoxy) is 1. The molecule has 1 saturated carbocycles. The Morgan fingerprint density at radius 1 is 1.17 bits per heavy atom. The van der Waals surface area contributed by atoms with Crippen LogP contribution in [0.15, 0.2) is 12.4 Å². The minimum atomic E-state index is -0.603. The number of anilines is 2. The fraction of sp³-hybridized carbons (Fsp3) is 0.360. The molecule has 1 aliphatic carbocycles. The Labute approximate surface area is 208 Å². The van der Waals surface area contributed by atoms with Crippen molar-refractivity contribution in [3.8, 4) is 17.3 Å². The van der Waals surface area contributed by atoms with E-state index in [9.17, 15) is 9.65 Å². The molecule has 2 fully saturated rings. The predicted octanol–water partition coefficient (Wildman–Crippen LogP) is 3.66. The molecule has 1 saturated heterocycles. The number of fused-ring (bicyclic) bond motifs is 5. The van der Waals surface area contributed by atoms with Gasteiger partial charge in [0.25, 0.3) is 0 Å². The van der Waals surface area contributed by atoms with Crippen LogP contribution in [0.3, 0.4) is 0 Å². The van der Waals surface area contributed by atoms with E-state index in [1.165, 1.54) is 0 Å². The normalized spacial score (nSPS) is 22.4. The van der Waals surface area contributed by atoms with Gasteiger partial charge in [-0.25, -0.2) is 18.7 Å². The first-order valence-corrected chi connectivity index (χ1v) is 12.5. The molecular weight excluding hydrogens is 484 g/mol. The van der Waals surface area contributed by atoms with Crippen molar-refractivity contribution in [2.24, 2.45) is 11.8 Å². The first kappa shape index (κ1) is 21.8. The first-order valence-electron chi connectivity index (χ1n) is 11.6. The zero-order valence-corrected chi connectivity index (χ0v) is 20.4. The molecule has 2 N–H and O–H groups in total. The molecule has 11 heteroatoms. The fourth-order valence-corrected chi connectivity index (χ4v) is 7.04. The van der Waals surface area contributed by atoms with Gasteiger partial charge in [0.2, 0.25) is 5.95 Å². The number of nitrogens with two attached hydrogens (primary N) is 1. The maximum absolute atomic E-state index is 16.4. The van der Waals surface area contributed by atoms with Gasteiger partial charge in [-0.05, 0) is 37.1 Å². The first-order chi connectivity index (χ1) is 17.4. The summed E-state index contributed by atoms with van der Waals surface area (Å²) >= 11 is 0.958. The second-order valence-electron chi connectivity index (χ2n) is 9.87. The summed E-state index contributed by atoms with van der Waals surface area (Å²) in [5.74, 6) is 0.443. The second-order valence-corrected chi connectivity index (χ2v) is 10.9. The van der Waals surface area contributed by atoms with Crippen LogP contribution in [0, 0.1) is 34.8 Å². The van der Waals surface area contributed by atoms with E-state index < -0.39 is 11.6 Å². The van der Waals surface area contributed by atoms with Crippen molar-refractivity contribution in [2.75, 3.05) is 37.8 Å². The predicted molar refractivity (Wildman–Crippen MR) is 132 cm³/mol. The van der Waals surface area contributed by atoms with E-state index >= 15 is 4.39 Å². The van der Waals surface area contributed by atoms with E-state index in [4.69, 9.17) is 10.5 Å². The van der Waals surface area contributed by atoms with E-state index in [1.54, 1.807) is 6.20 Å². The Bertz CT molecular complexity index is 1630. The summed E-state index contributed by atoms with van der Waals surface area (Å²) in [7, 11) is 4.19. The van der Waals surface area contributed by atoms with Crippen molar-refractivity contribution < 1.29 is 13.5 Å². The molecule has 1 unspecified atom stereocenters. The standard InChI is InChI=1S/C25H21F2N7OS/c1-33(2)22-12-6-34(7-13(12)22)25-31-4-11-14-8-35-9-15(14)17(19(27)20(11)32-25)21-18-10(3-28)24(29)36-23(18)16(26)5-30-21/h4-5,12-13,22H,6-9,29H2,1-2H3/t12-,13+,22?. The average molecular weight is 506 g/mol. The smallest absolute Gasteiger partial charge is 0.225 e. The summed E-state index contributed by atoms with van der Waals surface area (Å²) in [5.41, 5.74) is 8.02. The number of piperidine rings is 1. The number of nitrogen functional groups attached to an aromatic ring is 1. The van der Waals surface area contributed by atoms with Crippen molar-refractivity contribution in [1.29, 1.82) is 5.26 Å². The number of hydrogen-bond donors (Lipinski definition) is 1. The van der Waals surface area contributed by atoms with Gasteiger partial charge in [0, 0.05) is 41.7 Å². The Balaban J connectivity index is 1.42. The lowest BCUT2D eigenvalue weighted by Gasteiger charge is -2.22. The number of benzene rings is 1. The van der Waals surface area contributed by atoms with Gasteiger partial charge in [-0.2, -0.15) is 5.26 Å². The molecule has 2 aliphatic heterocycles. The molecule has 0 amide bonds. The lowest BCUT2D eigenvalue weighted by Crippen LogP contribution is -2.31. The summed E-state index contributed by atoms with van der Waals surface area (Å²) in [4.78, 5) is 17.9. The van der Waals surface area contributed by atoms with Gasteiger partial charge >= 0.3 is 0 Å². The quantitative estimate of drug-likeness (QED) is 0.450. The summed E-state index contributed by atoms with van der Waals surface area (Å²) < 4.78 is 36.9. The van der Waals surface area contributed by atoms with Gasteiger partial charge < -0.3 is 20.3 Å². The second kappa shape index (κ2) is 7.52. The Morgan fingerprint density at radius 3 is 2.64 bits per heavy atom. The van der Waals surface area contributed by atoms with Crippen molar-refractivity contribution >= 4 is 43.3 Å². The molecule has 36 heavy (non-hydrogen) atoms. The maximum Gasteiger partial charge on any atom is 0.225 e. The molecule has 0 spiro atoms. The Hall–Kier alpha value is -3.46. The molecule has 3 aromatic heterocycles. The monoisotopic (exact) mass is 505 g/mol. The van der Waals surface area contributed by atoms with Crippen LogP contribution in [-0.4, -0.2) is 53.1 Å². The van der Waals surface area contributed by atoms with Crippen LogP contribution >= 0.6 is 11.3 Å². The molecule has 182 valence electrons. The lowest BCUT2D eigenvalue weighted by atomic mass is 9.94. The third-order valence-electron chi connectivity index (χ3n) is 7.76. The minimum absolute atomic E-state index is 0.0966. The number of hydrogen-bond acceptors (Lipinski definition) is 9. The van der Waals surface area contributed by atoms with Crippen LogP contribution in [0.25, 0.3) is 32.2 Å². The van der Waals surface area contributed by atoms with E-state index in [-0.39, 0.29) is 50.6 Å². The van der Waals surface area contributed by atoms with Crippen LogP contribution in [0.1, 0.15) is 16.7 Å². The van der Waals surface area contributed by atoms with Crippen LogP contribution in [0.5, 0.6) is 0 Å². The molecule has 0 radical (unpaired) electrons. The molecule has 7 rings (SSSR count). The molecule has 5 heterocycles. The number of rotatable bonds is 3. The van der Waals surface area contributed by atoms with Crippen LogP contribution in [-0.2, 0) is 18.0 Å². The fourth-order valence-electron chi connectivity index (χ4n) is 6.12. The Morgan fingerprint density at radius 2 is 1.92 bits per heavy atom. The van der Waals surface area contributed by atoms with E-state index in [0.29, 0.717) is 34.8 Å². The number of aromatic nitrogens is 3. The van der Waals surface area contributed by atoms with Crippen molar-refractivity contribution in [1.82, 2.24) is 19.9 Å². The summed E-state index contributed by atoms with van der Waals surface area (Å²) in [6, 6.07) is 2.61. The summed E-state index contributed by atoms with van der Waals surface area (Å²) in [6.07, 6.45) is 2.71. The van der Waals surface area contributed by atoms with Gasteiger partial charge in [0.15, 0.2) is 11.6 Å². The number of nitrogens with zero attached hydrogens (tertiary/aromatic N) is 6. The summed E-state index contributed by atoms with van der Waals surface area (Å²) in [6.45, 7) is 2.12. The van der Waals surface area contributed by atoms with Gasteiger partial charge in [-0.1, -0.05) is 0 Å². The summed E-state index contributed by atoms with van der Waals surface area (Å²) in [5, 5.41) is 10.7. The highest BCUT2D eigenvalue weighted by atomic mass is 32.1. The number of halogens is 2. The molecule has 0 bridgehead atoms. The van der Waals surface area contributed by atoms with E-state index in [1.807, 2.05) is 6.07 Å². The molecular formula is C25H21F2N7OS. The average Bonchev–Trinajstić information content (AvgIpc) is 3.24. The minimum Gasteiger partial charge on any atom is -0.389 e. The van der Waals surface area contributed by atoms with Crippen LogP contribution in [0.2, 0.25) is 0 Å². The molecule has 1 aromatic carbocycles. The number of thiophene rings is 1. The third-order valence-corrected chi connectivity index (χ3v) is 8.79. The SMILES string of the molecule is CN(C)C1[C@H]2CN(c3ncc4c5c(c(-c6ncc(F)c7sc(N)c(C#N)c67)c(F)c4n3)COC5)C[C@@H]12. The highest BCUT2D eigenvalue weighted by Crippen LogP contribution is 2.49. The molecule has 8 nitrogen and oxygen atoms in total. The number of nitriles is 1.